The second-order valence-electron chi connectivity index (χ2n) is 4.72. The van der Waals surface area contributed by atoms with Crippen molar-refractivity contribution in [2.75, 3.05) is 18.4 Å². The molecule has 0 spiro atoms. The van der Waals surface area contributed by atoms with Crippen LogP contribution in [0.1, 0.15) is 24.8 Å². The van der Waals surface area contributed by atoms with E-state index in [2.05, 4.69) is 5.32 Å². The number of amides is 2. The number of hydrogen-bond donors (Lipinski definition) is 2. The number of nitrogens with zero attached hydrogens (tertiary/aromatic N) is 1. The van der Waals surface area contributed by atoms with E-state index < -0.39 is 5.97 Å². The summed E-state index contributed by atoms with van der Waals surface area (Å²) in [4.78, 5) is 24.2. The molecule has 0 unspecified atom stereocenters. The Hall–Kier alpha value is -2.04. The molecule has 2 N–H and O–H groups in total. The monoisotopic (exact) mass is 262 g/mol. The second-order valence-corrected chi connectivity index (χ2v) is 4.72. The average Bonchev–Trinajstić information content (AvgIpc) is 2.91. The van der Waals surface area contributed by atoms with Crippen molar-refractivity contribution in [3.05, 3.63) is 29.8 Å². The van der Waals surface area contributed by atoms with Crippen LogP contribution in [-0.2, 0) is 11.2 Å². The van der Waals surface area contributed by atoms with Gasteiger partial charge in [-0.1, -0.05) is 12.1 Å². The van der Waals surface area contributed by atoms with Gasteiger partial charge in [-0.15, -0.1) is 0 Å². The summed E-state index contributed by atoms with van der Waals surface area (Å²) in [5.41, 5.74) is 1.64. The molecule has 1 aromatic carbocycles. The molecule has 2 amide bonds. The van der Waals surface area contributed by atoms with Gasteiger partial charge in [0.05, 0.1) is 0 Å². The van der Waals surface area contributed by atoms with Gasteiger partial charge in [-0.05, 0) is 37.0 Å². The Labute approximate surface area is 112 Å². The molecule has 1 aliphatic heterocycles. The molecule has 2 rings (SSSR count). The quantitative estimate of drug-likeness (QED) is 0.875. The number of hydrogen-bond acceptors (Lipinski definition) is 2. The third-order valence-corrected chi connectivity index (χ3v) is 3.20. The first-order valence-corrected chi connectivity index (χ1v) is 6.52. The largest absolute Gasteiger partial charge is 0.481 e. The predicted octanol–water partition coefficient (Wildman–Crippen LogP) is 2.33. The molecule has 0 bridgehead atoms. The molecule has 1 fully saturated rings. The minimum absolute atomic E-state index is 0.0760. The van der Waals surface area contributed by atoms with Gasteiger partial charge >= 0.3 is 12.0 Å². The van der Waals surface area contributed by atoms with Crippen molar-refractivity contribution >= 4 is 17.7 Å². The van der Waals surface area contributed by atoms with Gasteiger partial charge in [0, 0.05) is 25.2 Å². The van der Waals surface area contributed by atoms with Crippen molar-refractivity contribution in [3.63, 3.8) is 0 Å². The molecular formula is C14H18N2O3. The number of benzene rings is 1. The van der Waals surface area contributed by atoms with E-state index in [0.717, 1.165) is 37.2 Å². The fraction of sp³-hybridized carbons (Fsp3) is 0.429. The van der Waals surface area contributed by atoms with Crippen LogP contribution in [0.3, 0.4) is 0 Å². The fourth-order valence-corrected chi connectivity index (χ4v) is 2.18. The van der Waals surface area contributed by atoms with E-state index in [1.165, 1.54) is 0 Å². The number of urea groups is 1. The number of carboxylic acid groups (broad SMARTS) is 1. The molecule has 0 saturated carbocycles. The van der Waals surface area contributed by atoms with E-state index >= 15 is 0 Å². The van der Waals surface area contributed by atoms with Crippen LogP contribution in [0.4, 0.5) is 10.5 Å². The number of likely N-dealkylation sites (tertiary alicyclic amines) is 1. The van der Waals surface area contributed by atoms with Crippen molar-refractivity contribution in [2.45, 2.75) is 25.7 Å². The molecule has 0 radical (unpaired) electrons. The Bertz CT molecular complexity index is 468. The Kier molecular flexibility index (Phi) is 4.39. The molecule has 19 heavy (non-hydrogen) atoms. The van der Waals surface area contributed by atoms with Gasteiger partial charge in [0.15, 0.2) is 0 Å². The van der Waals surface area contributed by atoms with Crippen molar-refractivity contribution in [3.8, 4) is 0 Å². The van der Waals surface area contributed by atoms with Crippen LogP contribution in [0.2, 0.25) is 0 Å². The van der Waals surface area contributed by atoms with E-state index in [1.54, 1.807) is 4.90 Å². The normalized spacial score (nSPS) is 14.4. The highest BCUT2D eigenvalue weighted by atomic mass is 16.4. The Balaban J connectivity index is 1.94. The molecule has 5 nitrogen and oxygen atoms in total. The van der Waals surface area contributed by atoms with Crippen LogP contribution in [0.15, 0.2) is 24.3 Å². The van der Waals surface area contributed by atoms with Crippen molar-refractivity contribution in [1.29, 1.82) is 0 Å². The SMILES string of the molecule is O=C(O)CCc1cccc(NC(=O)N2CCCC2)c1. The lowest BCUT2D eigenvalue weighted by molar-refractivity contribution is -0.136. The van der Waals surface area contributed by atoms with Crippen LogP contribution in [-0.4, -0.2) is 35.1 Å². The van der Waals surface area contributed by atoms with Gasteiger partial charge in [-0.25, -0.2) is 4.79 Å². The van der Waals surface area contributed by atoms with Gasteiger partial charge in [0.25, 0.3) is 0 Å². The van der Waals surface area contributed by atoms with Gasteiger partial charge in [-0.3, -0.25) is 4.79 Å². The maximum absolute atomic E-state index is 11.9. The molecule has 5 heteroatoms. The third kappa shape index (κ3) is 3.98. The number of carbonyl (C=O) groups is 2. The lowest BCUT2D eigenvalue weighted by atomic mass is 10.1. The Morgan fingerprint density at radius 2 is 2.00 bits per heavy atom. The lowest BCUT2D eigenvalue weighted by Gasteiger charge is -2.16. The summed E-state index contributed by atoms with van der Waals surface area (Å²) < 4.78 is 0. The average molecular weight is 262 g/mol. The summed E-state index contributed by atoms with van der Waals surface area (Å²) in [6, 6.07) is 7.27. The first-order chi connectivity index (χ1) is 9.15. The molecule has 0 aliphatic carbocycles. The van der Waals surface area contributed by atoms with E-state index in [0.29, 0.717) is 6.42 Å². The van der Waals surface area contributed by atoms with E-state index in [-0.39, 0.29) is 12.5 Å². The number of aryl methyl sites for hydroxylation is 1. The predicted molar refractivity (Wildman–Crippen MR) is 72.2 cm³/mol. The standard InChI is InChI=1S/C14H18N2O3/c17-13(18)7-6-11-4-3-5-12(10-11)15-14(19)16-8-1-2-9-16/h3-5,10H,1-2,6-9H2,(H,15,19)(H,17,18). The summed E-state index contributed by atoms with van der Waals surface area (Å²) in [6.07, 6.45) is 2.70. The summed E-state index contributed by atoms with van der Waals surface area (Å²) in [5.74, 6) is -0.813. The van der Waals surface area contributed by atoms with E-state index in [4.69, 9.17) is 5.11 Å². The molecule has 102 valence electrons. The molecule has 1 aromatic rings. The van der Waals surface area contributed by atoms with Crippen LogP contribution < -0.4 is 5.32 Å². The Morgan fingerprint density at radius 1 is 1.26 bits per heavy atom. The molecule has 0 aromatic heterocycles. The number of carboxylic acids is 1. The fourth-order valence-electron chi connectivity index (χ4n) is 2.18. The van der Waals surface area contributed by atoms with Gasteiger partial charge in [0.1, 0.15) is 0 Å². The lowest BCUT2D eigenvalue weighted by Crippen LogP contribution is -2.32. The first kappa shape index (κ1) is 13.4. The summed E-state index contributed by atoms with van der Waals surface area (Å²) in [5, 5.41) is 11.5. The van der Waals surface area contributed by atoms with Gasteiger partial charge < -0.3 is 15.3 Å². The number of carbonyl (C=O) groups excluding carboxylic acids is 1. The molecular weight excluding hydrogens is 244 g/mol. The Morgan fingerprint density at radius 3 is 2.68 bits per heavy atom. The third-order valence-electron chi connectivity index (χ3n) is 3.20. The topological polar surface area (TPSA) is 69.6 Å². The first-order valence-electron chi connectivity index (χ1n) is 6.52. The van der Waals surface area contributed by atoms with Crippen LogP contribution in [0.5, 0.6) is 0 Å². The van der Waals surface area contributed by atoms with E-state index in [1.807, 2.05) is 24.3 Å². The van der Waals surface area contributed by atoms with Crippen molar-refractivity contribution < 1.29 is 14.7 Å². The van der Waals surface area contributed by atoms with E-state index in [9.17, 15) is 9.59 Å². The molecule has 1 heterocycles. The highest BCUT2D eigenvalue weighted by Crippen LogP contribution is 2.15. The maximum atomic E-state index is 11.9. The maximum Gasteiger partial charge on any atom is 0.321 e. The number of aliphatic carboxylic acids is 1. The van der Waals surface area contributed by atoms with Crippen molar-refractivity contribution in [1.82, 2.24) is 4.90 Å². The summed E-state index contributed by atoms with van der Waals surface area (Å²) in [6.45, 7) is 1.62. The number of rotatable bonds is 4. The minimum Gasteiger partial charge on any atom is -0.481 e. The zero-order chi connectivity index (χ0) is 13.7. The van der Waals surface area contributed by atoms with Crippen LogP contribution in [0.25, 0.3) is 0 Å². The van der Waals surface area contributed by atoms with Crippen LogP contribution in [0, 0.1) is 0 Å². The highest BCUT2D eigenvalue weighted by molar-refractivity contribution is 5.89. The molecule has 0 atom stereocenters. The molecule has 1 saturated heterocycles. The zero-order valence-electron chi connectivity index (χ0n) is 10.8. The highest BCUT2D eigenvalue weighted by Gasteiger charge is 2.17. The number of nitrogens with one attached hydrogen (secondary N) is 1. The van der Waals surface area contributed by atoms with Crippen molar-refractivity contribution in [2.24, 2.45) is 0 Å². The number of anilines is 1. The van der Waals surface area contributed by atoms with Gasteiger partial charge in [-0.2, -0.15) is 0 Å². The smallest absolute Gasteiger partial charge is 0.321 e. The molecule has 1 aliphatic rings. The van der Waals surface area contributed by atoms with Gasteiger partial charge in [0.2, 0.25) is 0 Å². The zero-order valence-corrected chi connectivity index (χ0v) is 10.8. The second kappa shape index (κ2) is 6.22. The summed E-state index contributed by atoms with van der Waals surface area (Å²) in [7, 11) is 0. The van der Waals surface area contributed by atoms with Crippen LogP contribution >= 0.6 is 0 Å². The minimum atomic E-state index is -0.813. The summed E-state index contributed by atoms with van der Waals surface area (Å²) >= 11 is 0.